The molecule has 0 saturated heterocycles. The maximum atomic E-state index is 11.3. The molecule has 124 valence electrons. The van der Waals surface area contributed by atoms with E-state index in [9.17, 15) is 9.59 Å². The van der Waals surface area contributed by atoms with Crippen LogP contribution in [0.5, 0.6) is 5.75 Å². The molecular weight excluding hydrogens is 310 g/mol. The highest BCUT2D eigenvalue weighted by molar-refractivity contribution is 6.13. The number of carbonyl (C=O) groups is 2. The molecule has 0 aliphatic rings. The van der Waals surface area contributed by atoms with E-state index in [4.69, 9.17) is 9.57 Å². The van der Waals surface area contributed by atoms with Crippen LogP contribution < -0.4 is 15.4 Å². The number of benzene rings is 2. The van der Waals surface area contributed by atoms with E-state index >= 15 is 0 Å². The standard InChI is InChI=1S/C17H17N3O4/c1-18-16(21)23-14-10-6-9-13(11-14)15(20-24-17(22)19-2)12-7-4-3-5-8-12/h3-11H,1-2H3,(H,18,21)(H,19,22)/b20-15+. The first-order valence-electron chi connectivity index (χ1n) is 7.16. The summed E-state index contributed by atoms with van der Waals surface area (Å²) < 4.78 is 5.11. The molecule has 2 aromatic carbocycles. The summed E-state index contributed by atoms with van der Waals surface area (Å²) in [5.41, 5.74) is 1.81. The van der Waals surface area contributed by atoms with Crippen molar-refractivity contribution in [1.29, 1.82) is 0 Å². The molecular formula is C17H17N3O4. The van der Waals surface area contributed by atoms with E-state index in [0.717, 1.165) is 5.56 Å². The van der Waals surface area contributed by atoms with Gasteiger partial charge < -0.3 is 15.4 Å². The summed E-state index contributed by atoms with van der Waals surface area (Å²) in [6.07, 6.45) is -1.26. The lowest BCUT2D eigenvalue weighted by atomic mass is 10.0. The normalized spacial score (nSPS) is 10.7. The van der Waals surface area contributed by atoms with Crippen LogP contribution in [0.25, 0.3) is 0 Å². The number of hydrogen-bond acceptors (Lipinski definition) is 5. The van der Waals surface area contributed by atoms with Crippen LogP contribution in [-0.4, -0.2) is 32.0 Å². The summed E-state index contributed by atoms with van der Waals surface area (Å²) in [4.78, 5) is 27.5. The van der Waals surface area contributed by atoms with Crippen molar-refractivity contribution in [2.24, 2.45) is 5.16 Å². The van der Waals surface area contributed by atoms with E-state index in [1.165, 1.54) is 14.1 Å². The summed E-state index contributed by atoms with van der Waals surface area (Å²) in [6.45, 7) is 0. The molecule has 0 radical (unpaired) electrons. The minimum absolute atomic E-state index is 0.343. The van der Waals surface area contributed by atoms with Crippen molar-refractivity contribution in [2.45, 2.75) is 0 Å². The molecule has 24 heavy (non-hydrogen) atoms. The van der Waals surface area contributed by atoms with Crippen molar-refractivity contribution in [1.82, 2.24) is 10.6 Å². The first-order valence-corrected chi connectivity index (χ1v) is 7.16. The lowest BCUT2D eigenvalue weighted by Crippen LogP contribution is -2.22. The Hall–Kier alpha value is -3.35. The number of oxime groups is 1. The Morgan fingerprint density at radius 1 is 0.875 bits per heavy atom. The van der Waals surface area contributed by atoms with Gasteiger partial charge in [0.05, 0.1) is 0 Å². The minimum atomic E-state index is -0.679. The maximum absolute atomic E-state index is 11.3. The molecule has 2 N–H and O–H groups in total. The first-order chi connectivity index (χ1) is 11.6. The number of amides is 2. The highest BCUT2D eigenvalue weighted by Gasteiger charge is 2.11. The van der Waals surface area contributed by atoms with Gasteiger partial charge in [-0.2, -0.15) is 0 Å². The number of rotatable bonds is 4. The Labute approximate surface area is 139 Å². The Bertz CT molecular complexity index is 745. The fourth-order valence-electron chi connectivity index (χ4n) is 1.87. The molecule has 2 rings (SSSR count). The predicted octanol–water partition coefficient (Wildman–Crippen LogP) is 2.51. The highest BCUT2D eigenvalue weighted by Crippen LogP contribution is 2.18. The number of carbonyl (C=O) groups excluding carboxylic acids is 2. The van der Waals surface area contributed by atoms with Crippen LogP contribution in [0, 0.1) is 0 Å². The van der Waals surface area contributed by atoms with Gasteiger partial charge >= 0.3 is 12.2 Å². The molecule has 0 unspecified atom stereocenters. The molecule has 0 heterocycles. The van der Waals surface area contributed by atoms with Crippen molar-refractivity contribution < 1.29 is 19.2 Å². The van der Waals surface area contributed by atoms with E-state index in [-0.39, 0.29) is 0 Å². The smallest absolute Gasteiger partial charge is 0.410 e. The Morgan fingerprint density at radius 2 is 1.54 bits per heavy atom. The van der Waals surface area contributed by atoms with Crippen LogP contribution in [-0.2, 0) is 4.84 Å². The molecule has 2 aromatic rings. The van der Waals surface area contributed by atoms with E-state index in [0.29, 0.717) is 17.0 Å². The lowest BCUT2D eigenvalue weighted by Gasteiger charge is -2.09. The van der Waals surface area contributed by atoms with Gasteiger partial charge in [0.15, 0.2) is 0 Å². The fourth-order valence-corrected chi connectivity index (χ4v) is 1.87. The van der Waals surface area contributed by atoms with Gasteiger partial charge in [0.25, 0.3) is 0 Å². The van der Waals surface area contributed by atoms with Crippen LogP contribution in [0.1, 0.15) is 11.1 Å². The van der Waals surface area contributed by atoms with Crippen molar-refractivity contribution in [3.8, 4) is 5.75 Å². The average Bonchev–Trinajstić information content (AvgIpc) is 2.62. The molecule has 0 saturated carbocycles. The highest BCUT2D eigenvalue weighted by atomic mass is 16.7. The van der Waals surface area contributed by atoms with Gasteiger partial charge in [-0.3, -0.25) is 4.84 Å². The topological polar surface area (TPSA) is 89.0 Å². The molecule has 0 bridgehead atoms. The average molecular weight is 327 g/mol. The molecule has 0 aromatic heterocycles. The molecule has 0 aliphatic heterocycles. The summed E-state index contributed by atoms with van der Waals surface area (Å²) in [7, 11) is 2.91. The first kappa shape index (κ1) is 17.0. The molecule has 7 nitrogen and oxygen atoms in total. The molecule has 0 spiro atoms. The van der Waals surface area contributed by atoms with Crippen molar-refractivity contribution in [3.63, 3.8) is 0 Å². The lowest BCUT2D eigenvalue weighted by molar-refractivity contribution is 0.153. The van der Waals surface area contributed by atoms with E-state index in [1.54, 1.807) is 24.3 Å². The number of nitrogens with one attached hydrogen (secondary N) is 2. The van der Waals surface area contributed by atoms with Gasteiger partial charge in [0.2, 0.25) is 0 Å². The Morgan fingerprint density at radius 3 is 2.21 bits per heavy atom. The molecule has 7 heteroatoms. The van der Waals surface area contributed by atoms with Crippen molar-refractivity contribution >= 4 is 17.9 Å². The molecule has 2 amide bonds. The Balaban J connectivity index is 2.38. The minimum Gasteiger partial charge on any atom is -0.410 e. The predicted molar refractivity (Wildman–Crippen MR) is 89.1 cm³/mol. The quantitative estimate of drug-likeness (QED) is 0.513. The van der Waals surface area contributed by atoms with Crippen LogP contribution in [0.3, 0.4) is 0 Å². The van der Waals surface area contributed by atoms with Crippen molar-refractivity contribution in [3.05, 3.63) is 65.7 Å². The fraction of sp³-hybridized carbons (Fsp3) is 0.118. The van der Waals surface area contributed by atoms with Gasteiger partial charge in [0, 0.05) is 25.2 Å². The van der Waals surface area contributed by atoms with Crippen LogP contribution in [0.15, 0.2) is 59.8 Å². The summed E-state index contributed by atoms with van der Waals surface area (Å²) in [6, 6.07) is 16.0. The second-order valence-corrected chi connectivity index (χ2v) is 4.60. The van der Waals surface area contributed by atoms with Gasteiger partial charge in [0.1, 0.15) is 11.5 Å². The van der Waals surface area contributed by atoms with Crippen LogP contribution in [0.4, 0.5) is 9.59 Å². The number of ether oxygens (including phenoxy) is 1. The summed E-state index contributed by atoms with van der Waals surface area (Å²) in [5.74, 6) is 0.343. The van der Waals surface area contributed by atoms with Gasteiger partial charge in [-0.05, 0) is 12.1 Å². The van der Waals surface area contributed by atoms with E-state index in [1.807, 2.05) is 30.3 Å². The summed E-state index contributed by atoms with van der Waals surface area (Å²) in [5, 5.41) is 8.62. The van der Waals surface area contributed by atoms with Crippen LogP contribution in [0.2, 0.25) is 0 Å². The third kappa shape index (κ3) is 4.57. The second kappa shape index (κ2) is 8.33. The third-order valence-corrected chi connectivity index (χ3v) is 2.99. The summed E-state index contributed by atoms with van der Waals surface area (Å²) >= 11 is 0. The Kier molecular flexibility index (Phi) is 5.90. The van der Waals surface area contributed by atoms with Crippen LogP contribution >= 0.6 is 0 Å². The van der Waals surface area contributed by atoms with Gasteiger partial charge in [-0.15, -0.1) is 0 Å². The number of nitrogens with zero attached hydrogens (tertiary/aromatic N) is 1. The third-order valence-electron chi connectivity index (χ3n) is 2.99. The monoisotopic (exact) mass is 327 g/mol. The second-order valence-electron chi connectivity index (χ2n) is 4.60. The molecule has 0 fully saturated rings. The van der Waals surface area contributed by atoms with Gasteiger partial charge in [-0.25, -0.2) is 9.59 Å². The maximum Gasteiger partial charge on any atom is 0.433 e. The van der Waals surface area contributed by atoms with Gasteiger partial charge in [-0.1, -0.05) is 47.6 Å². The zero-order chi connectivity index (χ0) is 17.4. The largest absolute Gasteiger partial charge is 0.433 e. The number of hydrogen-bond donors (Lipinski definition) is 2. The molecule has 0 atom stereocenters. The van der Waals surface area contributed by atoms with E-state index in [2.05, 4.69) is 15.8 Å². The van der Waals surface area contributed by atoms with Crippen molar-refractivity contribution in [2.75, 3.05) is 14.1 Å². The SMILES string of the molecule is CNC(=O)O/N=C(\c1ccccc1)c1cccc(OC(=O)NC)c1. The zero-order valence-corrected chi connectivity index (χ0v) is 13.3. The van der Waals surface area contributed by atoms with E-state index < -0.39 is 12.2 Å². The zero-order valence-electron chi connectivity index (χ0n) is 13.3. The molecule has 0 aliphatic carbocycles.